The molecule has 6 nitrogen and oxygen atoms in total. The van der Waals surface area contributed by atoms with Gasteiger partial charge in [-0.1, -0.05) is 18.2 Å². The molecule has 0 radical (unpaired) electrons. The SMILES string of the molecule is Cn1nccc1-c1cc(C(F)(F)F)ccc1C1CCc2cc(S(=O)(=O)Nc3cccc(F)n3)ccc21. The van der Waals surface area contributed by atoms with Gasteiger partial charge in [-0.2, -0.15) is 22.7 Å². The predicted octanol–water partition coefficient (Wildman–Crippen LogP) is 5.52. The number of nitrogens with one attached hydrogen (secondary N) is 1. The van der Waals surface area contributed by atoms with Crippen molar-refractivity contribution in [1.29, 1.82) is 0 Å². The van der Waals surface area contributed by atoms with Crippen molar-refractivity contribution in [1.82, 2.24) is 14.8 Å². The number of halogens is 4. The van der Waals surface area contributed by atoms with Crippen molar-refractivity contribution in [2.75, 3.05) is 4.72 Å². The second kappa shape index (κ2) is 8.74. The largest absolute Gasteiger partial charge is 0.416 e. The van der Waals surface area contributed by atoms with Crippen LogP contribution < -0.4 is 4.72 Å². The number of fused-ring (bicyclic) bond motifs is 1. The van der Waals surface area contributed by atoms with Crippen molar-refractivity contribution in [2.24, 2.45) is 7.05 Å². The van der Waals surface area contributed by atoms with Gasteiger partial charge < -0.3 is 0 Å². The molecule has 36 heavy (non-hydrogen) atoms. The molecule has 2 heterocycles. The maximum absolute atomic E-state index is 13.5. The molecule has 0 spiro atoms. The zero-order valence-electron chi connectivity index (χ0n) is 18.9. The summed E-state index contributed by atoms with van der Waals surface area (Å²) in [7, 11) is -2.35. The van der Waals surface area contributed by atoms with Crippen LogP contribution in [0.15, 0.2) is 71.8 Å². The number of aromatic nitrogens is 3. The first-order valence-electron chi connectivity index (χ1n) is 11.0. The Morgan fingerprint density at radius 2 is 1.81 bits per heavy atom. The molecule has 1 aliphatic rings. The molecule has 11 heteroatoms. The Kier molecular flexibility index (Phi) is 5.82. The third kappa shape index (κ3) is 4.46. The van der Waals surface area contributed by atoms with Gasteiger partial charge in [0.2, 0.25) is 5.95 Å². The van der Waals surface area contributed by atoms with E-state index in [2.05, 4.69) is 14.8 Å². The van der Waals surface area contributed by atoms with Crippen molar-refractivity contribution >= 4 is 15.8 Å². The van der Waals surface area contributed by atoms with Gasteiger partial charge in [-0.3, -0.25) is 9.40 Å². The summed E-state index contributed by atoms with van der Waals surface area (Å²) in [5.41, 5.74) is 2.57. The fourth-order valence-corrected chi connectivity index (χ4v) is 5.69. The molecule has 0 bridgehead atoms. The molecule has 1 N–H and O–H groups in total. The fraction of sp³-hybridized carbons (Fsp3) is 0.200. The van der Waals surface area contributed by atoms with Gasteiger partial charge in [-0.15, -0.1) is 0 Å². The average Bonchev–Trinajstić information content (AvgIpc) is 3.43. The van der Waals surface area contributed by atoms with E-state index in [0.717, 1.165) is 29.3 Å². The number of pyridine rings is 1. The van der Waals surface area contributed by atoms with Crippen LogP contribution in [0.5, 0.6) is 0 Å². The number of aryl methyl sites for hydroxylation is 2. The number of hydrogen-bond donors (Lipinski definition) is 1. The van der Waals surface area contributed by atoms with E-state index < -0.39 is 27.7 Å². The normalized spacial score (nSPS) is 15.6. The molecule has 0 fully saturated rings. The minimum atomic E-state index is -4.49. The summed E-state index contributed by atoms with van der Waals surface area (Å²) in [4.78, 5) is 3.52. The molecule has 1 unspecified atom stereocenters. The smallest absolute Gasteiger partial charge is 0.268 e. The lowest BCUT2D eigenvalue weighted by atomic mass is 9.87. The van der Waals surface area contributed by atoms with Crippen LogP contribution in [0.1, 0.15) is 34.6 Å². The predicted molar refractivity (Wildman–Crippen MR) is 125 cm³/mol. The number of sulfonamides is 1. The van der Waals surface area contributed by atoms with Gasteiger partial charge in [-0.05, 0) is 72.0 Å². The second-order valence-corrected chi connectivity index (χ2v) is 10.2. The summed E-state index contributed by atoms with van der Waals surface area (Å²) in [5.74, 6) is -1.17. The average molecular weight is 517 g/mol. The number of hydrogen-bond acceptors (Lipinski definition) is 4. The van der Waals surface area contributed by atoms with Crippen molar-refractivity contribution < 1.29 is 26.0 Å². The minimum absolute atomic E-state index is 0.00719. The number of alkyl halides is 3. The molecule has 2 aromatic heterocycles. The third-order valence-corrected chi connectivity index (χ3v) is 7.66. The number of nitrogens with zero attached hydrogens (tertiary/aromatic N) is 3. The number of benzene rings is 2. The third-order valence-electron chi connectivity index (χ3n) is 6.31. The van der Waals surface area contributed by atoms with Crippen LogP contribution in [0.25, 0.3) is 11.3 Å². The molecule has 0 saturated carbocycles. The Labute approximate surface area is 204 Å². The molecule has 2 aromatic carbocycles. The standard InChI is InChI=1S/C25H20F4N4O2S/c1-33-22(11-12-30-33)21-14-16(25(27,28)29)6-9-20(21)19-8-5-15-13-17(7-10-18(15)19)36(34,35)32-24-4-2-3-23(26)31-24/h2-4,6-7,9-14,19H,5,8H2,1H3,(H,31,32). The first kappa shape index (κ1) is 24.0. The summed E-state index contributed by atoms with van der Waals surface area (Å²) in [6.45, 7) is 0. The van der Waals surface area contributed by atoms with Gasteiger partial charge in [0.05, 0.1) is 16.2 Å². The summed E-state index contributed by atoms with van der Waals surface area (Å²) in [6, 6.07) is 13.8. The first-order chi connectivity index (χ1) is 17.0. The minimum Gasteiger partial charge on any atom is -0.268 e. The number of rotatable bonds is 5. The van der Waals surface area contributed by atoms with Crippen LogP contribution in [-0.2, 0) is 29.7 Å². The molecule has 1 atom stereocenters. The van der Waals surface area contributed by atoms with E-state index in [4.69, 9.17) is 0 Å². The zero-order chi connectivity index (χ0) is 25.7. The number of anilines is 1. The monoisotopic (exact) mass is 516 g/mol. The molecule has 186 valence electrons. The van der Waals surface area contributed by atoms with E-state index in [1.807, 2.05) is 0 Å². The summed E-state index contributed by atoms with van der Waals surface area (Å²) < 4.78 is 83.3. The van der Waals surface area contributed by atoms with Crippen LogP contribution in [0.2, 0.25) is 0 Å². The van der Waals surface area contributed by atoms with E-state index >= 15 is 0 Å². The van der Waals surface area contributed by atoms with Gasteiger partial charge >= 0.3 is 6.18 Å². The lowest BCUT2D eigenvalue weighted by Crippen LogP contribution is -2.14. The van der Waals surface area contributed by atoms with E-state index in [1.54, 1.807) is 25.2 Å². The highest BCUT2D eigenvalue weighted by atomic mass is 32.2. The van der Waals surface area contributed by atoms with Crippen LogP contribution in [0.3, 0.4) is 0 Å². The van der Waals surface area contributed by atoms with Gasteiger partial charge in [0, 0.05) is 24.7 Å². The fourth-order valence-electron chi connectivity index (χ4n) is 4.64. The van der Waals surface area contributed by atoms with Gasteiger partial charge in [-0.25, -0.2) is 13.4 Å². The van der Waals surface area contributed by atoms with Crippen molar-refractivity contribution in [3.63, 3.8) is 0 Å². The van der Waals surface area contributed by atoms with Crippen molar-refractivity contribution in [2.45, 2.75) is 29.8 Å². The maximum Gasteiger partial charge on any atom is 0.416 e. The van der Waals surface area contributed by atoms with Crippen LogP contribution >= 0.6 is 0 Å². The molecule has 4 aromatic rings. The summed E-state index contributed by atoms with van der Waals surface area (Å²) in [6.07, 6.45) is -1.81. The molecule has 5 rings (SSSR count). The van der Waals surface area contributed by atoms with Crippen molar-refractivity contribution in [3.8, 4) is 11.3 Å². The van der Waals surface area contributed by atoms with E-state index in [-0.39, 0.29) is 16.6 Å². The van der Waals surface area contributed by atoms with Crippen LogP contribution in [-0.4, -0.2) is 23.2 Å². The highest BCUT2D eigenvalue weighted by Gasteiger charge is 2.34. The Hall–Kier alpha value is -3.73. The van der Waals surface area contributed by atoms with Gasteiger partial charge in [0.1, 0.15) is 5.82 Å². The first-order valence-corrected chi connectivity index (χ1v) is 12.5. The van der Waals surface area contributed by atoms with Crippen molar-refractivity contribution in [3.05, 3.63) is 95.1 Å². The second-order valence-electron chi connectivity index (χ2n) is 8.54. The molecular formula is C25H20F4N4O2S. The van der Waals surface area contributed by atoms with Gasteiger partial charge in [0.15, 0.2) is 0 Å². The molecule has 0 saturated heterocycles. The highest BCUT2D eigenvalue weighted by molar-refractivity contribution is 7.92. The Morgan fingerprint density at radius 3 is 2.50 bits per heavy atom. The summed E-state index contributed by atoms with van der Waals surface area (Å²) in [5, 5.41) is 4.11. The van der Waals surface area contributed by atoms with Gasteiger partial charge in [0.25, 0.3) is 10.0 Å². The molecular weight excluding hydrogens is 496 g/mol. The quantitative estimate of drug-likeness (QED) is 0.280. The van der Waals surface area contributed by atoms with E-state index in [1.165, 1.54) is 35.1 Å². The van der Waals surface area contributed by atoms with Crippen LogP contribution in [0, 0.1) is 5.95 Å². The summed E-state index contributed by atoms with van der Waals surface area (Å²) >= 11 is 0. The Balaban J connectivity index is 1.52. The Bertz CT molecular complexity index is 1560. The molecule has 0 amide bonds. The Morgan fingerprint density at radius 1 is 1.03 bits per heavy atom. The van der Waals surface area contributed by atoms with Crippen LogP contribution in [0.4, 0.5) is 23.4 Å². The maximum atomic E-state index is 13.5. The lowest BCUT2D eigenvalue weighted by molar-refractivity contribution is -0.137. The van der Waals surface area contributed by atoms with E-state index in [0.29, 0.717) is 29.7 Å². The lowest BCUT2D eigenvalue weighted by Gasteiger charge is -2.19. The highest BCUT2D eigenvalue weighted by Crippen LogP contribution is 2.44. The molecule has 1 aliphatic carbocycles. The molecule has 0 aliphatic heterocycles. The zero-order valence-corrected chi connectivity index (χ0v) is 19.7. The van der Waals surface area contributed by atoms with E-state index in [9.17, 15) is 26.0 Å². The topological polar surface area (TPSA) is 76.9 Å².